The van der Waals surface area contributed by atoms with E-state index < -0.39 is 15.8 Å². The van der Waals surface area contributed by atoms with Gasteiger partial charge in [-0.1, -0.05) is 23.9 Å². The maximum absolute atomic E-state index is 12.5. The second kappa shape index (κ2) is 7.95. The minimum Gasteiger partial charge on any atom is -0.322 e. The van der Waals surface area contributed by atoms with E-state index in [4.69, 9.17) is 0 Å². The first-order valence-corrected chi connectivity index (χ1v) is 10.9. The van der Waals surface area contributed by atoms with Gasteiger partial charge in [0.05, 0.1) is 6.26 Å². The van der Waals surface area contributed by atoms with E-state index in [1.807, 2.05) is 6.07 Å². The molecule has 9 heteroatoms. The third-order valence-electron chi connectivity index (χ3n) is 4.29. The number of alkyl halides is 2. The highest BCUT2D eigenvalue weighted by Gasteiger charge is 2.25. The molecular weight excluding hydrogens is 394 g/mol. The van der Waals surface area contributed by atoms with Crippen molar-refractivity contribution in [1.82, 2.24) is 4.31 Å². The summed E-state index contributed by atoms with van der Waals surface area (Å²) >= 11 is 0.425. The first kappa shape index (κ1) is 19.8. The van der Waals surface area contributed by atoms with E-state index in [1.165, 1.54) is 34.8 Å². The minimum absolute atomic E-state index is 0.275. The molecule has 0 fully saturated rings. The lowest BCUT2D eigenvalue weighted by atomic mass is 9.99. The van der Waals surface area contributed by atoms with Crippen LogP contribution in [0.4, 0.5) is 14.5 Å². The number of thioether (sulfide) groups is 1. The molecule has 0 unspecified atom stereocenters. The van der Waals surface area contributed by atoms with Crippen LogP contribution in [0.3, 0.4) is 0 Å². The Morgan fingerprint density at radius 3 is 2.52 bits per heavy atom. The lowest BCUT2D eigenvalue weighted by Crippen LogP contribution is -2.35. The third kappa shape index (κ3) is 4.85. The Hall–Kier alpha value is -1.97. The largest absolute Gasteiger partial charge is 0.322 e. The minimum atomic E-state index is -3.27. The van der Waals surface area contributed by atoms with Crippen molar-refractivity contribution in [3.63, 3.8) is 0 Å². The average Bonchev–Trinajstić information content (AvgIpc) is 2.61. The molecular formula is C18H18F2N2O3S2. The van der Waals surface area contributed by atoms with Crippen LogP contribution in [0.1, 0.15) is 21.5 Å². The molecule has 0 bridgehead atoms. The van der Waals surface area contributed by atoms with Crippen molar-refractivity contribution in [2.24, 2.45) is 0 Å². The number of carbonyl (C=O) groups excluding carboxylic acids is 1. The van der Waals surface area contributed by atoms with Gasteiger partial charge in [0.2, 0.25) is 10.0 Å². The number of anilines is 1. The molecule has 1 heterocycles. The van der Waals surface area contributed by atoms with Crippen molar-refractivity contribution in [2.75, 3.05) is 18.1 Å². The van der Waals surface area contributed by atoms with Gasteiger partial charge in [0.25, 0.3) is 11.7 Å². The van der Waals surface area contributed by atoms with E-state index in [0.717, 1.165) is 11.1 Å². The topological polar surface area (TPSA) is 66.5 Å². The van der Waals surface area contributed by atoms with Gasteiger partial charge in [-0.05, 0) is 47.9 Å². The summed E-state index contributed by atoms with van der Waals surface area (Å²) in [5.74, 6) is -2.85. The number of benzene rings is 2. The number of hydrogen-bond donors (Lipinski definition) is 1. The van der Waals surface area contributed by atoms with Gasteiger partial charge in [0.1, 0.15) is 0 Å². The smallest absolute Gasteiger partial charge is 0.288 e. The number of sulfonamides is 1. The third-order valence-corrected chi connectivity index (χ3v) is 6.26. The van der Waals surface area contributed by atoms with E-state index in [0.29, 0.717) is 40.9 Å². The van der Waals surface area contributed by atoms with Crippen LogP contribution in [-0.2, 0) is 23.0 Å². The number of nitrogens with one attached hydrogen (secondary N) is 1. The fourth-order valence-corrected chi connectivity index (χ4v) is 4.26. The predicted octanol–water partition coefficient (Wildman–Crippen LogP) is 3.57. The Bertz CT molecular complexity index is 948. The fourth-order valence-electron chi connectivity index (χ4n) is 2.97. The van der Waals surface area contributed by atoms with Crippen LogP contribution in [0.2, 0.25) is 0 Å². The number of carbonyl (C=O) groups is 1. The van der Waals surface area contributed by atoms with Gasteiger partial charge in [-0.25, -0.2) is 8.42 Å². The lowest BCUT2D eigenvalue weighted by Gasteiger charge is -2.28. The molecule has 0 aromatic heterocycles. The van der Waals surface area contributed by atoms with Gasteiger partial charge in [0.15, 0.2) is 0 Å². The number of halogens is 2. The highest BCUT2D eigenvalue weighted by molar-refractivity contribution is 7.99. The van der Waals surface area contributed by atoms with Gasteiger partial charge in [-0.3, -0.25) is 4.79 Å². The standard InChI is InChI=1S/C18H18F2N2O3S2/c1-27(24,25)22-10-9-15-13(11-22)3-2-4-16(15)21-17(23)12-5-7-14(8-6-12)26-18(19)20/h2-8,18H,9-11H2,1H3,(H,21,23). The van der Waals surface area contributed by atoms with Crippen molar-refractivity contribution in [1.29, 1.82) is 0 Å². The Morgan fingerprint density at radius 1 is 1.19 bits per heavy atom. The summed E-state index contributed by atoms with van der Waals surface area (Å²) in [5.41, 5.74) is 2.76. The van der Waals surface area contributed by atoms with Gasteiger partial charge < -0.3 is 5.32 Å². The SMILES string of the molecule is CS(=O)(=O)N1CCc2c(cccc2NC(=O)c2ccc(SC(F)F)cc2)C1. The number of amides is 1. The van der Waals surface area contributed by atoms with Gasteiger partial charge in [-0.15, -0.1) is 0 Å². The Balaban J connectivity index is 1.76. The predicted molar refractivity (Wildman–Crippen MR) is 102 cm³/mol. The second-order valence-electron chi connectivity index (χ2n) is 6.15. The Kier molecular flexibility index (Phi) is 5.83. The molecule has 1 N–H and O–H groups in total. The van der Waals surface area contributed by atoms with Crippen LogP contribution in [0.15, 0.2) is 47.4 Å². The number of rotatable bonds is 5. The van der Waals surface area contributed by atoms with Crippen LogP contribution in [0.25, 0.3) is 0 Å². The van der Waals surface area contributed by atoms with Gasteiger partial charge >= 0.3 is 0 Å². The average molecular weight is 412 g/mol. The maximum Gasteiger partial charge on any atom is 0.288 e. The van der Waals surface area contributed by atoms with Crippen LogP contribution in [-0.4, -0.2) is 37.2 Å². The molecule has 1 amide bonds. The number of hydrogen-bond acceptors (Lipinski definition) is 4. The zero-order chi connectivity index (χ0) is 19.6. The van der Waals surface area contributed by atoms with Crippen molar-refractivity contribution in [3.05, 3.63) is 59.2 Å². The normalized spacial score (nSPS) is 14.8. The van der Waals surface area contributed by atoms with E-state index in [2.05, 4.69) is 5.32 Å². The molecule has 27 heavy (non-hydrogen) atoms. The molecule has 144 valence electrons. The van der Waals surface area contributed by atoms with Gasteiger partial charge in [0, 0.05) is 29.2 Å². The van der Waals surface area contributed by atoms with Crippen LogP contribution >= 0.6 is 11.8 Å². The lowest BCUT2D eigenvalue weighted by molar-refractivity contribution is 0.102. The molecule has 3 rings (SSSR count). The monoisotopic (exact) mass is 412 g/mol. The van der Waals surface area contributed by atoms with Crippen molar-refractivity contribution in [2.45, 2.75) is 23.6 Å². The zero-order valence-corrected chi connectivity index (χ0v) is 16.1. The molecule has 2 aromatic carbocycles. The number of fused-ring (bicyclic) bond motifs is 1. The van der Waals surface area contributed by atoms with E-state index in [9.17, 15) is 22.0 Å². The van der Waals surface area contributed by atoms with Crippen molar-refractivity contribution >= 4 is 33.4 Å². The highest BCUT2D eigenvalue weighted by atomic mass is 32.2. The van der Waals surface area contributed by atoms with E-state index in [1.54, 1.807) is 12.1 Å². The molecule has 0 atom stereocenters. The summed E-state index contributed by atoms with van der Waals surface area (Å²) in [6.45, 7) is 0.635. The quantitative estimate of drug-likeness (QED) is 0.763. The summed E-state index contributed by atoms with van der Waals surface area (Å²) in [5, 5.41) is 2.84. The molecule has 0 radical (unpaired) electrons. The summed E-state index contributed by atoms with van der Waals surface area (Å²) in [7, 11) is -3.27. The molecule has 5 nitrogen and oxygen atoms in total. The van der Waals surface area contributed by atoms with E-state index in [-0.39, 0.29) is 12.5 Å². The van der Waals surface area contributed by atoms with Crippen LogP contribution < -0.4 is 5.32 Å². The summed E-state index contributed by atoms with van der Waals surface area (Å²) < 4.78 is 49.6. The first-order chi connectivity index (χ1) is 12.7. The molecule has 2 aromatic rings. The summed E-state index contributed by atoms with van der Waals surface area (Å²) in [4.78, 5) is 12.9. The first-order valence-electron chi connectivity index (χ1n) is 8.16. The van der Waals surface area contributed by atoms with Crippen molar-refractivity contribution in [3.8, 4) is 0 Å². The Morgan fingerprint density at radius 2 is 1.89 bits per heavy atom. The van der Waals surface area contributed by atoms with Crippen LogP contribution in [0.5, 0.6) is 0 Å². The second-order valence-corrected chi connectivity index (χ2v) is 9.19. The maximum atomic E-state index is 12.5. The molecule has 1 aliphatic rings. The number of nitrogens with zero attached hydrogens (tertiary/aromatic N) is 1. The van der Waals surface area contributed by atoms with Crippen LogP contribution in [0, 0.1) is 0 Å². The summed E-state index contributed by atoms with van der Waals surface area (Å²) in [6, 6.07) is 11.4. The molecule has 0 aliphatic carbocycles. The van der Waals surface area contributed by atoms with E-state index >= 15 is 0 Å². The molecule has 0 saturated carbocycles. The Labute approximate surface area is 160 Å². The fraction of sp³-hybridized carbons (Fsp3) is 0.278. The molecule has 1 aliphatic heterocycles. The zero-order valence-electron chi connectivity index (χ0n) is 14.5. The molecule has 0 spiro atoms. The summed E-state index contributed by atoms with van der Waals surface area (Å²) in [6.07, 6.45) is 1.68. The highest BCUT2D eigenvalue weighted by Crippen LogP contribution is 2.28. The van der Waals surface area contributed by atoms with Gasteiger partial charge in [-0.2, -0.15) is 13.1 Å². The molecule has 0 saturated heterocycles. The van der Waals surface area contributed by atoms with Crippen molar-refractivity contribution < 1.29 is 22.0 Å².